The topological polar surface area (TPSA) is 32.8 Å². The van der Waals surface area contributed by atoms with Crippen molar-refractivity contribution in [2.75, 3.05) is 32.8 Å². The number of carbonyl (C=O) groups excluding carboxylic acids is 1. The normalized spacial score (nSPS) is 32.3. The molecule has 0 N–H and O–H groups in total. The van der Waals surface area contributed by atoms with Crippen molar-refractivity contribution in [3.05, 3.63) is 0 Å². The molecule has 4 aliphatic rings. The number of nitrogens with zero attached hydrogens (tertiary/aromatic N) is 2. The van der Waals surface area contributed by atoms with E-state index in [1.165, 1.54) is 58.0 Å². The van der Waals surface area contributed by atoms with Crippen LogP contribution >= 0.6 is 0 Å². The lowest BCUT2D eigenvalue weighted by atomic mass is 9.81. The van der Waals surface area contributed by atoms with Gasteiger partial charge in [-0.1, -0.05) is 19.3 Å². The predicted molar refractivity (Wildman–Crippen MR) is 94.9 cm³/mol. The lowest BCUT2D eigenvalue weighted by molar-refractivity contribution is -0.152. The highest BCUT2D eigenvalue weighted by atomic mass is 16.5. The molecule has 1 saturated carbocycles. The molecule has 4 nitrogen and oxygen atoms in total. The zero-order valence-corrected chi connectivity index (χ0v) is 15.2. The maximum Gasteiger partial charge on any atom is 0.225 e. The third kappa shape index (κ3) is 3.50. The van der Waals surface area contributed by atoms with Crippen LogP contribution in [0.25, 0.3) is 0 Å². The van der Waals surface area contributed by atoms with Crippen LogP contribution in [0.15, 0.2) is 0 Å². The second kappa shape index (κ2) is 7.33. The Morgan fingerprint density at radius 2 is 1.58 bits per heavy atom. The van der Waals surface area contributed by atoms with Gasteiger partial charge in [0.15, 0.2) is 0 Å². The van der Waals surface area contributed by atoms with E-state index in [1.807, 2.05) is 0 Å². The van der Waals surface area contributed by atoms with Crippen molar-refractivity contribution in [1.82, 2.24) is 9.80 Å². The molecule has 1 aliphatic carbocycles. The average Bonchev–Trinajstić information content (AvgIpc) is 3.17. The van der Waals surface area contributed by atoms with E-state index < -0.39 is 0 Å². The summed E-state index contributed by atoms with van der Waals surface area (Å²) in [7, 11) is 0. The van der Waals surface area contributed by atoms with Crippen molar-refractivity contribution in [3.8, 4) is 0 Å². The monoisotopic (exact) mass is 334 g/mol. The fourth-order valence-corrected chi connectivity index (χ4v) is 5.51. The van der Waals surface area contributed by atoms with Gasteiger partial charge in [0.25, 0.3) is 0 Å². The van der Waals surface area contributed by atoms with Crippen LogP contribution in [0.5, 0.6) is 0 Å². The van der Waals surface area contributed by atoms with Crippen molar-refractivity contribution < 1.29 is 9.53 Å². The van der Waals surface area contributed by atoms with Gasteiger partial charge in [-0.05, 0) is 64.5 Å². The fraction of sp³-hybridized carbons (Fsp3) is 0.950. The lowest BCUT2D eigenvalue weighted by Crippen LogP contribution is -2.55. The molecule has 0 aromatic rings. The minimum absolute atomic E-state index is 0.0623. The van der Waals surface area contributed by atoms with E-state index in [-0.39, 0.29) is 5.60 Å². The highest BCUT2D eigenvalue weighted by Crippen LogP contribution is 2.38. The van der Waals surface area contributed by atoms with Crippen molar-refractivity contribution >= 4 is 5.91 Å². The van der Waals surface area contributed by atoms with Gasteiger partial charge in [-0.15, -0.1) is 0 Å². The number of rotatable bonds is 2. The number of carbonyl (C=O) groups is 1. The largest absolute Gasteiger partial charge is 0.375 e. The van der Waals surface area contributed by atoms with Crippen LogP contribution in [0.3, 0.4) is 0 Å². The molecule has 0 aromatic heterocycles. The number of hydrogen-bond acceptors (Lipinski definition) is 3. The molecule has 1 spiro atoms. The first-order chi connectivity index (χ1) is 11.8. The Bertz CT molecular complexity index is 433. The third-order valence-corrected chi connectivity index (χ3v) is 7.06. The van der Waals surface area contributed by atoms with Gasteiger partial charge < -0.3 is 14.5 Å². The highest BCUT2D eigenvalue weighted by molar-refractivity contribution is 5.79. The van der Waals surface area contributed by atoms with E-state index in [2.05, 4.69) is 9.80 Å². The molecule has 0 radical (unpaired) electrons. The van der Waals surface area contributed by atoms with E-state index in [1.54, 1.807) is 0 Å². The second-order valence-corrected chi connectivity index (χ2v) is 8.58. The summed E-state index contributed by atoms with van der Waals surface area (Å²) in [5.41, 5.74) is 0.0623. The minimum atomic E-state index is 0.0623. The van der Waals surface area contributed by atoms with Crippen LogP contribution in [0.2, 0.25) is 0 Å². The summed E-state index contributed by atoms with van der Waals surface area (Å²) in [6.07, 6.45) is 13.4. The summed E-state index contributed by atoms with van der Waals surface area (Å²) in [6.45, 7) is 5.32. The zero-order chi connectivity index (χ0) is 16.4. The van der Waals surface area contributed by atoms with Crippen LogP contribution in [0, 0.1) is 5.92 Å². The predicted octanol–water partition coefficient (Wildman–Crippen LogP) is 3.20. The molecule has 4 fully saturated rings. The van der Waals surface area contributed by atoms with E-state index in [4.69, 9.17) is 4.74 Å². The fourth-order valence-electron chi connectivity index (χ4n) is 5.51. The third-order valence-electron chi connectivity index (χ3n) is 7.06. The van der Waals surface area contributed by atoms with Crippen molar-refractivity contribution in [3.63, 3.8) is 0 Å². The van der Waals surface area contributed by atoms with Gasteiger partial charge in [0.05, 0.1) is 5.60 Å². The Hall–Kier alpha value is -0.610. The standard InChI is InChI=1S/C20H34N2O2/c23-19(17-6-2-3-7-17)22-13-9-20(10-14-22)16-18(8-15-24-20)21-11-4-1-5-12-21/h17-18H,1-16H2. The first-order valence-corrected chi connectivity index (χ1v) is 10.4. The van der Waals surface area contributed by atoms with Gasteiger partial charge in [-0.25, -0.2) is 0 Å². The summed E-state index contributed by atoms with van der Waals surface area (Å²) in [6, 6.07) is 0.719. The zero-order valence-electron chi connectivity index (χ0n) is 15.2. The molecule has 3 aliphatic heterocycles. The quantitative estimate of drug-likeness (QED) is 0.777. The van der Waals surface area contributed by atoms with Crippen molar-refractivity contribution in [1.29, 1.82) is 0 Å². The Balaban J connectivity index is 1.32. The molecule has 1 atom stereocenters. The summed E-state index contributed by atoms with van der Waals surface area (Å²) in [4.78, 5) is 17.5. The molecule has 24 heavy (non-hydrogen) atoms. The molecule has 0 aromatic carbocycles. The number of ether oxygens (including phenoxy) is 1. The molecule has 1 amide bonds. The van der Waals surface area contributed by atoms with Crippen molar-refractivity contribution in [2.45, 2.75) is 82.3 Å². The minimum Gasteiger partial charge on any atom is -0.375 e. The van der Waals surface area contributed by atoms with Gasteiger partial charge in [-0.2, -0.15) is 0 Å². The molecule has 3 saturated heterocycles. The molecular formula is C20H34N2O2. The Morgan fingerprint density at radius 1 is 0.875 bits per heavy atom. The molecule has 4 heteroatoms. The maximum atomic E-state index is 12.7. The van der Waals surface area contributed by atoms with Crippen molar-refractivity contribution in [2.24, 2.45) is 5.92 Å². The number of likely N-dealkylation sites (tertiary alicyclic amines) is 2. The molecule has 136 valence electrons. The van der Waals surface area contributed by atoms with Crippen LogP contribution in [0.4, 0.5) is 0 Å². The smallest absolute Gasteiger partial charge is 0.225 e. The summed E-state index contributed by atoms with van der Waals surface area (Å²) in [5.74, 6) is 0.762. The number of piperidine rings is 2. The van der Waals surface area contributed by atoms with Gasteiger partial charge in [-0.3, -0.25) is 4.79 Å². The lowest BCUT2D eigenvalue weighted by Gasteiger charge is -2.49. The summed E-state index contributed by atoms with van der Waals surface area (Å²) < 4.78 is 6.32. The van der Waals surface area contributed by atoms with E-state index in [9.17, 15) is 4.79 Å². The molecule has 0 bridgehead atoms. The van der Waals surface area contributed by atoms with E-state index in [0.29, 0.717) is 11.8 Å². The first-order valence-electron chi connectivity index (χ1n) is 10.4. The average molecular weight is 335 g/mol. The molecule has 1 unspecified atom stereocenters. The highest BCUT2D eigenvalue weighted by Gasteiger charge is 2.43. The maximum absolute atomic E-state index is 12.7. The van der Waals surface area contributed by atoms with Gasteiger partial charge in [0.2, 0.25) is 5.91 Å². The Morgan fingerprint density at radius 3 is 2.29 bits per heavy atom. The molecule has 3 heterocycles. The van der Waals surface area contributed by atoms with Crippen LogP contribution in [0.1, 0.15) is 70.6 Å². The van der Waals surface area contributed by atoms with Crippen LogP contribution < -0.4 is 0 Å². The van der Waals surface area contributed by atoms with Gasteiger partial charge >= 0.3 is 0 Å². The van der Waals surface area contributed by atoms with E-state index in [0.717, 1.165) is 51.4 Å². The second-order valence-electron chi connectivity index (χ2n) is 8.58. The first kappa shape index (κ1) is 16.8. The SMILES string of the molecule is O=C(C1CCCC1)N1CCC2(CC1)CC(N1CCCCC1)CCO2. The van der Waals surface area contributed by atoms with Crippen LogP contribution in [-0.2, 0) is 9.53 Å². The Kier molecular flexibility index (Phi) is 5.14. The van der Waals surface area contributed by atoms with E-state index >= 15 is 0 Å². The van der Waals surface area contributed by atoms with Gasteiger partial charge in [0.1, 0.15) is 0 Å². The van der Waals surface area contributed by atoms with Crippen LogP contribution in [-0.4, -0.2) is 60.1 Å². The summed E-state index contributed by atoms with van der Waals surface area (Å²) >= 11 is 0. The number of hydrogen-bond donors (Lipinski definition) is 0. The van der Waals surface area contributed by atoms with Gasteiger partial charge in [0, 0.05) is 31.7 Å². The molecule has 4 rings (SSSR count). The summed E-state index contributed by atoms with van der Waals surface area (Å²) in [5, 5.41) is 0. The molecular weight excluding hydrogens is 300 g/mol. The number of amides is 1. The Labute approximate surface area is 146 Å².